The van der Waals surface area contributed by atoms with Crippen molar-refractivity contribution in [2.24, 2.45) is 5.73 Å². The molecule has 0 aliphatic carbocycles. The number of nitriles is 1. The molecule has 3 nitrogen and oxygen atoms in total. The van der Waals surface area contributed by atoms with Crippen molar-refractivity contribution in [2.45, 2.75) is 12.5 Å². The van der Waals surface area contributed by atoms with E-state index in [1.165, 1.54) is 0 Å². The summed E-state index contributed by atoms with van der Waals surface area (Å²) in [5, 5.41) is 9.70. The zero-order valence-electron chi connectivity index (χ0n) is 7.70. The summed E-state index contributed by atoms with van der Waals surface area (Å²) in [6.45, 7) is 0. The van der Waals surface area contributed by atoms with Crippen LogP contribution < -0.4 is 5.73 Å². The molecule has 0 aliphatic rings. The van der Waals surface area contributed by atoms with Crippen molar-refractivity contribution in [1.29, 1.82) is 5.26 Å². The number of nitrogens with two attached hydrogens (primary N) is 1. The van der Waals surface area contributed by atoms with Gasteiger partial charge in [0.05, 0.1) is 12.5 Å². The number of hydrogen-bond acceptors (Lipinski definition) is 2. The predicted octanol–water partition coefficient (Wildman–Crippen LogP) is 2.08. The number of hydrogen-bond donors (Lipinski definition) is 2. The lowest BCUT2D eigenvalue weighted by Crippen LogP contribution is -2.08. The number of rotatable bonds is 2. The SMILES string of the molecule is N#CC[C@H](N)c1ccc2cc[nH]c2c1. The van der Waals surface area contributed by atoms with E-state index in [4.69, 9.17) is 11.0 Å². The maximum atomic E-state index is 8.53. The van der Waals surface area contributed by atoms with Gasteiger partial charge in [-0.25, -0.2) is 0 Å². The third kappa shape index (κ3) is 1.48. The Balaban J connectivity index is 2.39. The molecule has 70 valence electrons. The second-order valence-corrected chi connectivity index (χ2v) is 3.29. The first kappa shape index (κ1) is 8.79. The number of aromatic amines is 1. The molecule has 0 unspecified atom stereocenters. The van der Waals surface area contributed by atoms with Crippen molar-refractivity contribution in [1.82, 2.24) is 4.98 Å². The maximum absolute atomic E-state index is 8.53. The largest absolute Gasteiger partial charge is 0.361 e. The first-order valence-electron chi connectivity index (χ1n) is 4.51. The van der Waals surface area contributed by atoms with Crippen LogP contribution in [-0.4, -0.2) is 4.98 Å². The third-order valence-corrected chi connectivity index (χ3v) is 2.32. The number of nitrogens with one attached hydrogen (secondary N) is 1. The average Bonchev–Trinajstić information content (AvgIpc) is 2.64. The van der Waals surface area contributed by atoms with Crippen molar-refractivity contribution in [3.8, 4) is 6.07 Å². The summed E-state index contributed by atoms with van der Waals surface area (Å²) in [6.07, 6.45) is 2.25. The molecule has 2 rings (SSSR count). The van der Waals surface area contributed by atoms with Gasteiger partial charge in [0.1, 0.15) is 0 Å². The van der Waals surface area contributed by atoms with Gasteiger partial charge in [-0.2, -0.15) is 5.26 Å². The van der Waals surface area contributed by atoms with Crippen LogP contribution in [0.25, 0.3) is 10.9 Å². The van der Waals surface area contributed by atoms with Crippen molar-refractivity contribution < 1.29 is 0 Å². The molecule has 0 radical (unpaired) electrons. The highest BCUT2D eigenvalue weighted by molar-refractivity contribution is 5.79. The molecule has 0 spiro atoms. The van der Waals surface area contributed by atoms with E-state index in [1.807, 2.05) is 30.5 Å². The maximum Gasteiger partial charge on any atom is 0.0641 e. The minimum Gasteiger partial charge on any atom is -0.361 e. The molecule has 0 saturated heterocycles. The van der Waals surface area contributed by atoms with Gasteiger partial charge >= 0.3 is 0 Å². The molecule has 0 amide bonds. The number of nitrogens with zero attached hydrogens (tertiary/aromatic N) is 1. The van der Waals surface area contributed by atoms with Gasteiger partial charge in [0, 0.05) is 17.8 Å². The van der Waals surface area contributed by atoms with Crippen LogP contribution in [-0.2, 0) is 0 Å². The predicted molar refractivity (Wildman–Crippen MR) is 55.5 cm³/mol. The smallest absolute Gasteiger partial charge is 0.0641 e. The summed E-state index contributed by atoms with van der Waals surface area (Å²) >= 11 is 0. The Hall–Kier alpha value is -1.79. The lowest BCUT2D eigenvalue weighted by atomic mass is 10.0. The Labute approximate surface area is 82.1 Å². The quantitative estimate of drug-likeness (QED) is 0.752. The van der Waals surface area contributed by atoms with Gasteiger partial charge in [-0.1, -0.05) is 12.1 Å². The van der Waals surface area contributed by atoms with Crippen LogP contribution in [0.3, 0.4) is 0 Å². The zero-order chi connectivity index (χ0) is 9.97. The first-order chi connectivity index (χ1) is 6.81. The topological polar surface area (TPSA) is 65.6 Å². The minimum atomic E-state index is -0.187. The van der Waals surface area contributed by atoms with E-state index < -0.39 is 0 Å². The first-order valence-corrected chi connectivity index (χ1v) is 4.51. The van der Waals surface area contributed by atoms with Gasteiger partial charge in [0.25, 0.3) is 0 Å². The standard InChI is InChI=1S/C11H11N3/c12-5-3-10(13)9-2-1-8-4-6-14-11(8)7-9/h1-2,4,6-7,10,14H,3,13H2/t10-/m0/s1. The van der Waals surface area contributed by atoms with Crippen LogP contribution in [0.1, 0.15) is 18.0 Å². The summed E-state index contributed by atoms with van der Waals surface area (Å²) in [5.74, 6) is 0. The number of aromatic nitrogens is 1. The van der Waals surface area contributed by atoms with Crippen LogP contribution in [0.5, 0.6) is 0 Å². The molecule has 0 aliphatic heterocycles. The van der Waals surface area contributed by atoms with Crippen LogP contribution in [0, 0.1) is 11.3 Å². The van der Waals surface area contributed by atoms with Gasteiger partial charge in [0.15, 0.2) is 0 Å². The molecule has 1 aromatic heterocycles. The lowest BCUT2D eigenvalue weighted by molar-refractivity contribution is 0.749. The van der Waals surface area contributed by atoms with E-state index in [0.717, 1.165) is 16.5 Å². The molecule has 3 N–H and O–H groups in total. The second kappa shape index (κ2) is 3.52. The summed E-state index contributed by atoms with van der Waals surface area (Å²) in [7, 11) is 0. The molecular weight excluding hydrogens is 174 g/mol. The summed E-state index contributed by atoms with van der Waals surface area (Å²) in [4.78, 5) is 3.12. The highest BCUT2D eigenvalue weighted by Gasteiger charge is 2.05. The molecule has 1 heterocycles. The Kier molecular flexibility index (Phi) is 2.21. The normalized spacial score (nSPS) is 12.6. The minimum absolute atomic E-state index is 0.187. The molecule has 14 heavy (non-hydrogen) atoms. The van der Waals surface area contributed by atoms with Gasteiger partial charge in [0.2, 0.25) is 0 Å². The highest BCUT2D eigenvalue weighted by atomic mass is 14.7. The average molecular weight is 185 g/mol. The third-order valence-electron chi connectivity index (χ3n) is 2.32. The fraction of sp³-hybridized carbons (Fsp3) is 0.182. The fourth-order valence-electron chi connectivity index (χ4n) is 1.51. The van der Waals surface area contributed by atoms with E-state index in [-0.39, 0.29) is 6.04 Å². The summed E-state index contributed by atoms with van der Waals surface area (Å²) < 4.78 is 0. The molecule has 1 atom stereocenters. The monoisotopic (exact) mass is 185 g/mol. The Bertz CT molecular complexity index is 478. The van der Waals surface area contributed by atoms with Crippen LogP contribution in [0.4, 0.5) is 0 Å². The molecule has 2 aromatic rings. The lowest BCUT2D eigenvalue weighted by Gasteiger charge is -2.07. The van der Waals surface area contributed by atoms with E-state index in [1.54, 1.807) is 0 Å². The molecular formula is C11H11N3. The second-order valence-electron chi connectivity index (χ2n) is 3.29. The molecule has 1 aromatic carbocycles. The van der Waals surface area contributed by atoms with Gasteiger partial charge in [-0.05, 0) is 23.1 Å². The van der Waals surface area contributed by atoms with Crippen molar-refractivity contribution >= 4 is 10.9 Å². The summed E-state index contributed by atoms with van der Waals surface area (Å²) in [6, 6.07) is 9.87. The van der Waals surface area contributed by atoms with Crippen molar-refractivity contribution in [2.75, 3.05) is 0 Å². The zero-order valence-corrected chi connectivity index (χ0v) is 7.70. The number of H-pyrrole nitrogens is 1. The van der Waals surface area contributed by atoms with E-state index >= 15 is 0 Å². The van der Waals surface area contributed by atoms with Gasteiger partial charge in [-0.3, -0.25) is 0 Å². The van der Waals surface area contributed by atoms with Crippen LogP contribution in [0.15, 0.2) is 30.5 Å². The van der Waals surface area contributed by atoms with E-state index in [0.29, 0.717) is 6.42 Å². The number of fused-ring (bicyclic) bond motifs is 1. The fourth-order valence-corrected chi connectivity index (χ4v) is 1.51. The number of benzene rings is 1. The van der Waals surface area contributed by atoms with Crippen LogP contribution >= 0.6 is 0 Å². The molecule has 3 heteroatoms. The van der Waals surface area contributed by atoms with E-state index in [2.05, 4.69) is 11.1 Å². The molecule has 0 fully saturated rings. The summed E-state index contributed by atoms with van der Waals surface area (Å²) in [5.41, 5.74) is 7.90. The Morgan fingerprint density at radius 2 is 2.29 bits per heavy atom. The molecule has 0 bridgehead atoms. The van der Waals surface area contributed by atoms with Gasteiger partial charge < -0.3 is 10.7 Å². The van der Waals surface area contributed by atoms with Gasteiger partial charge in [-0.15, -0.1) is 0 Å². The van der Waals surface area contributed by atoms with Crippen molar-refractivity contribution in [3.05, 3.63) is 36.0 Å². The van der Waals surface area contributed by atoms with E-state index in [9.17, 15) is 0 Å². The van der Waals surface area contributed by atoms with Crippen molar-refractivity contribution in [3.63, 3.8) is 0 Å². The highest BCUT2D eigenvalue weighted by Crippen LogP contribution is 2.19. The van der Waals surface area contributed by atoms with Crippen LogP contribution in [0.2, 0.25) is 0 Å². The molecule has 0 saturated carbocycles. The Morgan fingerprint density at radius 3 is 3.07 bits per heavy atom. The Morgan fingerprint density at radius 1 is 1.43 bits per heavy atom.